The van der Waals surface area contributed by atoms with Gasteiger partial charge in [0.2, 0.25) is 0 Å². The van der Waals surface area contributed by atoms with Gasteiger partial charge in [-0.1, -0.05) is 13.3 Å². The molecule has 2 amide bonds. The highest BCUT2D eigenvalue weighted by Gasteiger charge is 2.34. The summed E-state index contributed by atoms with van der Waals surface area (Å²) in [7, 11) is 0. The lowest BCUT2D eigenvalue weighted by atomic mass is 10.2. The van der Waals surface area contributed by atoms with Gasteiger partial charge in [0.15, 0.2) is 0 Å². The number of amides is 2. The fraction of sp³-hybridized carbons (Fsp3) is 0.600. The number of nitrogens with one attached hydrogen (secondary N) is 1. The molecule has 5 nitrogen and oxygen atoms in total. The molecule has 0 aromatic carbocycles. The number of carbonyl (C=O) groups is 1. The molecule has 1 aliphatic heterocycles. The Bertz CT molecular complexity index is 520. The number of carbonyl (C=O) groups excluding carboxylic acids is 1. The number of pyridine rings is 1. The summed E-state index contributed by atoms with van der Waals surface area (Å²) in [6, 6.07) is 1.73. The Morgan fingerprint density at radius 3 is 2.78 bits per heavy atom. The van der Waals surface area contributed by atoms with Gasteiger partial charge in [0.05, 0.1) is 17.9 Å². The summed E-state index contributed by atoms with van der Waals surface area (Å²) in [5, 5.41) is 2.80. The second kappa shape index (κ2) is 7.63. The average molecular weight is 331 g/mol. The van der Waals surface area contributed by atoms with E-state index in [1.54, 1.807) is 0 Å². The number of hydrogen-bond acceptors (Lipinski definition) is 3. The smallest absolute Gasteiger partial charge is 0.381 e. The first-order chi connectivity index (χ1) is 10.9. The molecule has 0 spiro atoms. The average Bonchev–Trinajstić information content (AvgIpc) is 2.87. The number of anilines is 1. The molecule has 0 bridgehead atoms. The Labute approximate surface area is 132 Å². The van der Waals surface area contributed by atoms with E-state index >= 15 is 0 Å². The molecule has 128 valence electrons. The van der Waals surface area contributed by atoms with E-state index in [9.17, 15) is 18.0 Å². The van der Waals surface area contributed by atoms with E-state index < -0.39 is 11.9 Å². The predicted molar refractivity (Wildman–Crippen MR) is 79.2 cm³/mol. The second-order valence-electron chi connectivity index (χ2n) is 5.41. The summed E-state index contributed by atoms with van der Waals surface area (Å²) in [4.78, 5) is 16.7. The van der Waals surface area contributed by atoms with Crippen LogP contribution in [0.3, 0.4) is 0 Å². The Morgan fingerprint density at radius 2 is 2.17 bits per heavy atom. The van der Waals surface area contributed by atoms with Gasteiger partial charge in [-0.3, -0.25) is 4.90 Å². The van der Waals surface area contributed by atoms with Crippen LogP contribution in [0.5, 0.6) is 0 Å². The van der Waals surface area contributed by atoms with Crippen LogP contribution in [0, 0.1) is 0 Å². The van der Waals surface area contributed by atoms with Gasteiger partial charge in [-0.2, -0.15) is 13.2 Å². The number of hydrogen-bond donors (Lipinski definition) is 1. The maximum Gasteiger partial charge on any atom is 0.433 e. The summed E-state index contributed by atoms with van der Waals surface area (Å²) >= 11 is 0. The van der Waals surface area contributed by atoms with E-state index in [1.165, 1.54) is 11.0 Å². The summed E-state index contributed by atoms with van der Waals surface area (Å²) < 4.78 is 42.9. The van der Waals surface area contributed by atoms with Crippen molar-refractivity contribution in [2.24, 2.45) is 0 Å². The first-order valence-corrected chi connectivity index (χ1v) is 7.61. The molecule has 1 aromatic heterocycles. The molecule has 1 aliphatic rings. The number of alkyl halides is 3. The van der Waals surface area contributed by atoms with Gasteiger partial charge in [-0.05, 0) is 25.0 Å². The number of unbranched alkanes of at least 4 members (excludes halogenated alkanes) is 1. The van der Waals surface area contributed by atoms with E-state index in [0.29, 0.717) is 31.9 Å². The lowest BCUT2D eigenvalue weighted by molar-refractivity contribution is -0.141. The molecular weight excluding hydrogens is 311 g/mol. The summed E-state index contributed by atoms with van der Waals surface area (Å²) in [5.41, 5.74) is -0.619. The lowest BCUT2D eigenvalue weighted by Gasteiger charge is -2.15. The zero-order valence-corrected chi connectivity index (χ0v) is 12.9. The largest absolute Gasteiger partial charge is 0.433 e. The SMILES string of the molecule is CCCCOCC[C@H]1CN(c2ccc(C(F)(F)F)nc2)C(=O)N1. The standard InChI is InChI=1S/C15H20F3N3O2/c1-2-3-7-23-8-6-11-10-21(14(22)20-11)12-4-5-13(19-9-12)15(16,17)18/h4-5,9,11H,2-3,6-8,10H2,1H3,(H,20,22)/t11-/m0/s1. The van der Waals surface area contributed by atoms with Crippen LogP contribution < -0.4 is 10.2 Å². The molecule has 23 heavy (non-hydrogen) atoms. The van der Waals surface area contributed by atoms with Gasteiger partial charge in [0, 0.05) is 19.8 Å². The molecule has 1 saturated heterocycles. The molecule has 1 atom stereocenters. The highest BCUT2D eigenvalue weighted by Crippen LogP contribution is 2.29. The summed E-state index contributed by atoms with van der Waals surface area (Å²) in [6.45, 7) is 3.72. The topological polar surface area (TPSA) is 54.5 Å². The zero-order valence-electron chi connectivity index (χ0n) is 12.9. The van der Waals surface area contributed by atoms with Crippen molar-refractivity contribution in [2.75, 3.05) is 24.7 Å². The van der Waals surface area contributed by atoms with Gasteiger partial charge < -0.3 is 10.1 Å². The van der Waals surface area contributed by atoms with Crippen LogP contribution in [0.2, 0.25) is 0 Å². The van der Waals surface area contributed by atoms with Crippen LogP contribution in [0.4, 0.5) is 23.7 Å². The summed E-state index contributed by atoms with van der Waals surface area (Å²) in [6.07, 6.45) is -0.679. The van der Waals surface area contributed by atoms with Gasteiger partial charge >= 0.3 is 12.2 Å². The Morgan fingerprint density at radius 1 is 1.39 bits per heavy atom. The van der Waals surface area contributed by atoms with E-state index in [0.717, 1.165) is 25.1 Å². The molecule has 1 aromatic rings. The van der Waals surface area contributed by atoms with Crippen LogP contribution in [0.1, 0.15) is 31.9 Å². The Balaban J connectivity index is 1.87. The Hall–Kier alpha value is -1.83. The summed E-state index contributed by atoms with van der Waals surface area (Å²) in [5.74, 6) is 0. The third-order valence-electron chi connectivity index (χ3n) is 3.58. The number of urea groups is 1. The van der Waals surface area contributed by atoms with Crippen molar-refractivity contribution in [3.63, 3.8) is 0 Å². The fourth-order valence-electron chi connectivity index (χ4n) is 2.28. The van der Waals surface area contributed by atoms with Crippen molar-refractivity contribution in [3.05, 3.63) is 24.0 Å². The van der Waals surface area contributed by atoms with Crippen molar-refractivity contribution < 1.29 is 22.7 Å². The van der Waals surface area contributed by atoms with Crippen LogP contribution in [-0.4, -0.2) is 36.8 Å². The molecule has 2 heterocycles. The quantitative estimate of drug-likeness (QED) is 0.781. The van der Waals surface area contributed by atoms with Gasteiger partial charge in [0.1, 0.15) is 5.69 Å². The minimum absolute atomic E-state index is 0.0774. The third-order valence-corrected chi connectivity index (χ3v) is 3.58. The zero-order chi connectivity index (χ0) is 16.9. The molecular formula is C15H20F3N3O2. The molecule has 1 fully saturated rings. The van der Waals surface area contributed by atoms with Gasteiger partial charge in [-0.15, -0.1) is 0 Å². The van der Waals surface area contributed by atoms with E-state index in [1.807, 2.05) is 0 Å². The first-order valence-electron chi connectivity index (χ1n) is 7.61. The van der Waals surface area contributed by atoms with Crippen LogP contribution in [0.15, 0.2) is 18.3 Å². The third kappa shape index (κ3) is 4.82. The first kappa shape index (κ1) is 17.5. The van der Waals surface area contributed by atoms with E-state index in [4.69, 9.17) is 4.74 Å². The molecule has 1 N–H and O–H groups in total. The maximum absolute atomic E-state index is 12.5. The number of halogens is 3. The predicted octanol–water partition coefficient (Wildman–Crippen LogP) is 3.21. The molecule has 0 unspecified atom stereocenters. The van der Waals surface area contributed by atoms with E-state index in [-0.39, 0.29) is 12.1 Å². The van der Waals surface area contributed by atoms with Crippen LogP contribution in [-0.2, 0) is 10.9 Å². The second-order valence-corrected chi connectivity index (χ2v) is 5.41. The molecule has 0 radical (unpaired) electrons. The highest BCUT2D eigenvalue weighted by atomic mass is 19.4. The van der Waals surface area contributed by atoms with Crippen LogP contribution >= 0.6 is 0 Å². The maximum atomic E-state index is 12.5. The minimum Gasteiger partial charge on any atom is -0.381 e. The number of nitrogens with zero attached hydrogens (tertiary/aromatic N) is 2. The molecule has 2 rings (SSSR count). The fourth-order valence-corrected chi connectivity index (χ4v) is 2.28. The molecule has 0 saturated carbocycles. The van der Waals surface area contributed by atoms with Crippen molar-refractivity contribution >= 4 is 11.7 Å². The number of aromatic nitrogens is 1. The van der Waals surface area contributed by atoms with E-state index in [2.05, 4.69) is 17.2 Å². The monoisotopic (exact) mass is 331 g/mol. The minimum atomic E-state index is -4.48. The number of ether oxygens (including phenoxy) is 1. The van der Waals surface area contributed by atoms with Gasteiger partial charge in [0.25, 0.3) is 0 Å². The lowest BCUT2D eigenvalue weighted by Crippen LogP contribution is -2.29. The van der Waals surface area contributed by atoms with Crippen molar-refractivity contribution in [2.45, 2.75) is 38.4 Å². The molecule has 8 heteroatoms. The normalized spacial score (nSPS) is 18.3. The number of rotatable bonds is 7. The van der Waals surface area contributed by atoms with Gasteiger partial charge in [-0.25, -0.2) is 9.78 Å². The van der Waals surface area contributed by atoms with Crippen LogP contribution in [0.25, 0.3) is 0 Å². The molecule has 0 aliphatic carbocycles. The van der Waals surface area contributed by atoms with Crippen molar-refractivity contribution in [3.8, 4) is 0 Å². The highest BCUT2D eigenvalue weighted by molar-refractivity contribution is 5.94. The van der Waals surface area contributed by atoms with Crippen molar-refractivity contribution in [1.29, 1.82) is 0 Å². The van der Waals surface area contributed by atoms with Crippen molar-refractivity contribution in [1.82, 2.24) is 10.3 Å². The Kier molecular flexibility index (Phi) is 5.81.